The summed E-state index contributed by atoms with van der Waals surface area (Å²) in [5.74, 6) is 2.57. The Kier molecular flexibility index (Phi) is 3.89. The van der Waals surface area contributed by atoms with Gasteiger partial charge in [-0.15, -0.1) is 0 Å². The molecule has 0 bridgehead atoms. The van der Waals surface area contributed by atoms with Gasteiger partial charge in [0.1, 0.15) is 5.82 Å². The molecule has 1 aliphatic carbocycles. The van der Waals surface area contributed by atoms with Crippen LogP contribution >= 0.6 is 0 Å². The molecule has 3 atom stereocenters. The normalized spacial score (nSPS) is 25.5. The molecular formula is C22H28N4. The first-order chi connectivity index (χ1) is 12.7. The number of hydrogen-bond donors (Lipinski definition) is 1. The summed E-state index contributed by atoms with van der Waals surface area (Å²) in [6.45, 7) is 4.51. The third-order valence-corrected chi connectivity index (χ3v) is 6.54. The van der Waals surface area contributed by atoms with E-state index in [4.69, 9.17) is 0 Å². The van der Waals surface area contributed by atoms with Gasteiger partial charge in [-0.05, 0) is 49.4 Å². The Hall–Kier alpha value is -2.07. The number of piperidine rings is 1. The molecule has 2 aliphatic rings. The molecule has 136 valence electrons. The zero-order valence-electron chi connectivity index (χ0n) is 15.8. The maximum absolute atomic E-state index is 4.57. The van der Waals surface area contributed by atoms with E-state index in [0.29, 0.717) is 17.9 Å². The lowest BCUT2D eigenvalue weighted by molar-refractivity contribution is 0.103. The lowest BCUT2D eigenvalue weighted by Crippen LogP contribution is -2.48. The molecule has 26 heavy (non-hydrogen) atoms. The van der Waals surface area contributed by atoms with Gasteiger partial charge >= 0.3 is 0 Å². The second-order valence-electron chi connectivity index (χ2n) is 8.25. The van der Waals surface area contributed by atoms with Gasteiger partial charge in [-0.25, -0.2) is 4.98 Å². The van der Waals surface area contributed by atoms with Crippen LogP contribution in [0.1, 0.15) is 42.6 Å². The zero-order chi connectivity index (χ0) is 17.7. The summed E-state index contributed by atoms with van der Waals surface area (Å²) >= 11 is 0. The van der Waals surface area contributed by atoms with Crippen LogP contribution in [0, 0.1) is 5.92 Å². The van der Waals surface area contributed by atoms with Crippen molar-refractivity contribution in [2.24, 2.45) is 5.92 Å². The zero-order valence-corrected chi connectivity index (χ0v) is 15.8. The van der Waals surface area contributed by atoms with Gasteiger partial charge in [-0.2, -0.15) is 0 Å². The standard InChI is InChI=1S/C22H28N4/c1-3-5-21-23-8-9-26(21)14-15-10-18-17-6-4-7-19-22(17)16(12-24-19)11-20(18)25(2)13-15/h4,6-9,12,15,18,20,24H,3,5,10-11,13-14H2,1-2H3/t15-,18?,20+/m0/s1. The second kappa shape index (κ2) is 6.27. The number of likely N-dealkylation sites (N-methyl/N-ethyl adjacent to an activating group) is 1. The highest BCUT2D eigenvalue weighted by Gasteiger charge is 2.39. The van der Waals surface area contributed by atoms with E-state index >= 15 is 0 Å². The van der Waals surface area contributed by atoms with Gasteiger partial charge in [0.15, 0.2) is 0 Å². The van der Waals surface area contributed by atoms with Crippen LogP contribution in [0.4, 0.5) is 0 Å². The Balaban J connectivity index is 1.45. The number of hydrogen-bond acceptors (Lipinski definition) is 2. The van der Waals surface area contributed by atoms with E-state index in [0.717, 1.165) is 19.4 Å². The van der Waals surface area contributed by atoms with Crippen molar-refractivity contribution in [3.05, 3.63) is 53.7 Å². The first-order valence-electron chi connectivity index (χ1n) is 10.0. The molecule has 4 nitrogen and oxygen atoms in total. The Labute approximate surface area is 155 Å². The molecule has 1 N–H and O–H groups in total. The number of H-pyrrole nitrogens is 1. The summed E-state index contributed by atoms with van der Waals surface area (Å²) < 4.78 is 2.40. The monoisotopic (exact) mass is 348 g/mol. The maximum Gasteiger partial charge on any atom is 0.108 e. The van der Waals surface area contributed by atoms with Crippen molar-refractivity contribution < 1.29 is 0 Å². The van der Waals surface area contributed by atoms with Crippen LogP contribution in [0.2, 0.25) is 0 Å². The number of aromatic amines is 1. The lowest BCUT2D eigenvalue weighted by atomic mass is 9.72. The molecule has 1 aromatic carbocycles. The second-order valence-corrected chi connectivity index (χ2v) is 8.25. The van der Waals surface area contributed by atoms with Gasteiger partial charge in [0.05, 0.1) is 0 Å². The SMILES string of the molecule is CCCc1nccn1C[C@H]1CC2c3cccc4[nH]cc(c34)C[C@H]2N(C)C1. The highest BCUT2D eigenvalue weighted by Crippen LogP contribution is 2.44. The molecule has 0 saturated carbocycles. The number of nitrogens with zero attached hydrogens (tertiary/aromatic N) is 3. The number of fused-ring (bicyclic) bond motifs is 2. The van der Waals surface area contributed by atoms with Gasteiger partial charge in [-0.1, -0.05) is 19.1 Å². The van der Waals surface area contributed by atoms with Crippen LogP contribution in [0.15, 0.2) is 36.8 Å². The van der Waals surface area contributed by atoms with E-state index in [1.54, 1.807) is 5.56 Å². The number of rotatable bonds is 4. The minimum Gasteiger partial charge on any atom is -0.361 e. The van der Waals surface area contributed by atoms with Crippen LogP contribution in [0.3, 0.4) is 0 Å². The average Bonchev–Trinajstić information content (AvgIpc) is 3.25. The van der Waals surface area contributed by atoms with Gasteiger partial charge in [0, 0.05) is 61.0 Å². The predicted octanol–water partition coefficient (Wildman–Crippen LogP) is 3.98. The van der Waals surface area contributed by atoms with Crippen LogP contribution < -0.4 is 0 Å². The fourth-order valence-corrected chi connectivity index (χ4v) is 5.42. The van der Waals surface area contributed by atoms with Gasteiger partial charge in [-0.3, -0.25) is 0 Å². The quantitative estimate of drug-likeness (QED) is 0.774. The average molecular weight is 348 g/mol. The molecule has 1 aliphatic heterocycles. The summed E-state index contributed by atoms with van der Waals surface area (Å²) in [5.41, 5.74) is 4.37. The van der Waals surface area contributed by atoms with Crippen LogP contribution in [-0.2, 0) is 19.4 Å². The van der Waals surface area contributed by atoms with Crippen molar-refractivity contribution in [1.29, 1.82) is 0 Å². The summed E-state index contributed by atoms with van der Waals surface area (Å²) in [6.07, 6.45) is 11.1. The molecule has 1 saturated heterocycles. The third-order valence-electron chi connectivity index (χ3n) is 6.54. The summed E-state index contributed by atoms with van der Waals surface area (Å²) in [5, 5.41) is 1.50. The van der Waals surface area contributed by atoms with E-state index in [1.807, 2.05) is 6.20 Å². The van der Waals surface area contributed by atoms with Crippen molar-refractivity contribution in [1.82, 2.24) is 19.4 Å². The topological polar surface area (TPSA) is 36.9 Å². The Morgan fingerprint density at radius 1 is 1.31 bits per heavy atom. The van der Waals surface area contributed by atoms with Crippen molar-refractivity contribution in [2.75, 3.05) is 13.6 Å². The molecule has 4 heteroatoms. The molecular weight excluding hydrogens is 320 g/mol. The van der Waals surface area contributed by atoms with Crippen LogP contribution in [0.5, 0.6) is 0 Å². The van der Waals surface area contributed by atoms with Crippen LogP contribution in [0.25, 0.3) is 10.9 Å². The largest absolute Gasteiger partial charge is 0.361 e. The lowest BCUT2D eigenvalue weighted by Gasteiger charge is -2.45. The first-order valence-corrected chi connectivity index (χ1v) is 10.0. The van der Waals surface area contributed by atoms with Crippen molar-refractivity contribution in [2.45, 2.75) is 51.1 Å². The summed E-state index contributed by atoms with van der Waals surface area (Å²) in [6, 6.07) is 7.44. The van der Waals surface area contributed by atoms with Crippen LogP contribution in [-0.4, -0.2) is 39.1 Å². The molecule has 3 heterocycles. The smallest absolute Gasteiger partial charge is 0.108 e. The molecule has 0 radical (unpaired) electrons. The Morgan fingerprint density at radius 3 is 3.12 bits per heavy atom. The molecule has 1 unspecified atom stereocenters. The predicted molar refractivity (Wildman–Crippen MR) is 105 cm³/mol. The maximum atomic E-state index is 4.57. The fourth-order valence-electron chi connectivity index (χ4n) is 5.42. The number of nitrogens with one attached hydrogen (secondary N) is 1. The van der Waals surface area contributed by atoms with Gasteiger partial charge < -0.3 is 14.5 Å². The molecule has 2 aromatic heterocycles. The van der Waals surface area contributed by atoms with E-state index in [2.05, 4.69) is 64.0 Å². The minimum atomic E-state index is 0.637. The van der Waals surface area contributed by atoms with Crippen molar-refractivity contribution in [3.8, 4) is 0 Å². The van der Waals surface area contributed by atoms with E-state index in [-0.39, 0.29) is 0 Å². The summed E-state index contributed by atoms with van der Waals surface area (Å²) in [4.78, 5) is 10.7. The molecule has 0 amide bonds. The third kappa shape index (κ3) is 2.50. The van der Waals surface area contributed by atoms with E-state index in [9.17, 15) is 0 Å². The minimum absolute atomic E-state index is 0.637. The molecule has 5 rings (SSSR count). The van der Waals surface area contributed by atoms with Gasteiger partial charge in [0.2, 0.25) is 0 Å². The van der Waals surface area contributed by atoms with E-state index < -0.39 is 0 Å². The first kappa shape index (κ1) is 16.1. The number of aromatic nitrogens is 3. The number of imidazole rings is 1. The van der Waals surface area contributed by atoms with Crippen molar-refractivity contribution in [3.63, 3.8) is 0 Å². The molecule has 0 spiro atoms. The molecule has 3 aromatic rings. The highest BCUT2D eigenvalue weighted by molar-refractivity contribution is 5.88. The number of aryl methyl sites for hydroxylation is 1. The van der Waals surface area contributed by atoms with Gasteiger partial charge in [0.25, 0.3) is 0 Å². The Bertz CT molecular complexity index is 921. The fraction of sp³-hybridized carbons (Fsp3) is 0.500. The van der Waals surface area contributed by atoms with E-state index in [1.165, 1.54) is 41.7 Å². The highest BCUT2D eigenvalue weighted by atomic mass is 15.2. The van der Waals surface area contributed by atoms with Crippen molar-refractivity contribution >= 4 is 10.9 Å². The molecule has 1 fully saturated rings. The number of benzene rings is 1. The summed E-state index contributed by atoms with van der Waals surface area (Å²) in [7, 11) is 2.32. The number of likely N-dealkylation sites (tertiary alicyclic amines) is 1. The Morgan fingerprint density at radius 2 is 2.23 bits per heavy atom.